The van der Waals surface area contributed by atoms with Gasteiger partial charge in [-0.25, -0.2) is 18.2 Å². The molecule has 2 aromatic carbocycles. The zero-order valence-electron chi connectivity index (χ0n) is 13.8. The van der Waals surface area contributed by atoms with E-state index in [9.17, 15) is 13.2 Å². The number of ether oxygens (including phenoxy) is 2. The lowest BCUT2D eigenvalue weighted by Crippen LogP contribution is -2.00. The van der Waals surface area contributed by atoms with Crippen LogP contribution in [-0.2, 0) is 6.61 Å². The fraction of sp³-hybridized carbons (Fsp3) is 0.0526. The van der Waals surface area contributed by atoms with Crippen molar-refractivity contribution in [1.29, 1.82) is 0 Å². The molecule has 0 bridgehead atoms. The summed E-state index contributed by atoms with van der Waals surface area (Å²) in [6.45, 7) is 0.0895. The van der Waals surface area contributed by atoms with Gasteiger partial charge in [-0.05, 0) is 29.8 Å². The molecule has 5 nitrogen and oxygen atoms in total. The van der Waals surface area contributed by atoms with Crippen molar-refractivity contribution in [2.75, 3.05) is 0 Å². The first-order chi connectivity index (χ1) is 13.1. The first-order valence-electron chi connectivity index (χ1n) is 7.92. The number of hydrogen-bond donors (Lipinski definition) is 0. The molecule has 0 fully saturated rings. The number of halogens is 3. The normalized spacial score (nSPS) is 10.9. The average Bonchev–Trinajstić information content (AvgIpc) is 3.13. The third-order valence-electron chi connectivity index (χ3n) is 3.74. The van der Waals surface area contributed by atoms with E-state index in [0.717, 1.165) is 12.1 Å². The first-order valence-corrected chi connectivity index (χ1v) is 7.92. The smallest absolute Gasteiger partial charge is 0.236 e. The summed E-state index contributed by atoms with van der Waals surface area (Å²) < 4.78 is 52.9. The van der Waals surface area contributed by atoms with Crippen molar-refractivity contribution in [2.45, 2.75) is 6.61 Å². The molecule has 0 amide bonds. The van der Waals surface area contributed by atoms with Crippen LogP contribution in [-0.4, -0.2) is 14.4 Å². The number of imidazole rings is 1. The van der Waals surface area contributed by atoms with E-state index in [2.05, 4.69) is 9.97 Å². The maximum atomic E-state index is 14.2. The minimum atomic E-state index is -1.07. The van der Waals surface area contributed by atoms with Crippen LogP contribution in [0.1, 0.15) is 5.56 Å². The number of aromatic nitrogens is 3. The maximum absolute atomic E-state index is 14.2. The molecule has 0 aliphatic heterocycles. The van der Waals surface area contributed by atoms with Crippen LogP contribution >= 0.6 is 0 Å². The number of rotatable bonds is 5. The average molecular weight is 371 g/mol. The van der Waals surface area contributed by atoms with Gasteiger partial charge in [0.25, 0.3) is 0 Å². The van der Waals surface area contributed by atoms with Gasteiger partial charge in [-0.1, -0.05) is 6.07 Å². The first kappa shape index (κ1) is 16.9. The SMILES string of the molecule is Fc1ccc(Oc2ccc(COc3ccn4ccnc4n3)cc2F)cc1F. The van der Waals surface area contributed by atoms with Crippen molar-refractivity contribution in [3.05, 3.63) is 84.1 Å². The molecule has 2 aromatic heterocycles. The second kappa shape index (κ2) is 6.99. The van der Waals surface area contributed by atoms with Crippen molar-refractivity contribution in [3.63, 3.8) is 0 Å². The summed E-state index contributed by atoms with van der Waals surface area (Å²) in [5.74, 6) is -1.99. The summed E-state index contributed by atoms with van der Waals surface area (Å²) in [4.78, 5) is 8.26. The topological polar surface area (TPSA) is 48.7 Å². The Bertz CT molecular complexity index is 1110. The van der Waals surface area contributed by atoms with E-state index >= 15 is 0 Å². The van der Waals surface area contributed by atoms with E-state index < -0.39 is 17.5 Å². The zero-order valence-corrected chi connectivity index (χ0v) is 13.8. The van der Waals surface area contributed by atoms with Crippen molar-refractivity contribution in [2.24, 2.45) is 0 Å². The summed E-state index contributed by atoms with van der Waals surface area (Å²) in [5.41, 5.74) is 0.551. The Morgan fingerprint density at radius 1 is 0.889 bits per heavy atom. The monoisotopic (exact) mass is 371 g/mol. The molecular formula is C19H12F3N3O2. The zero-order chi connectivity index (χ0) is 18.8. The molecule has 0 N–H and O–H groups in total. The summed E-state index contributed by atoms with van der Waals surface area (Å²) in [5, 5.41) is 0. The van der Waals surface area contributed by atoms with Gasteiger partial charge in [0.05, 0.1) is 0 Å². The summed E-state index contributed by atoms with van der Waals surface area (Å²) in [6.07, 6.45) is 5.13. The summed E-state index contributed by atoms with van der Waals surface area (Å²) in [6, 6.07) is 8.88. The fourth-order valence-electron chi connectivity index (χ4n) is 2.41. The quantitative estimate of drug-likeness (QED) is 0.518. The van der Waals surface area contributed by atoms with Gasteiger partial charge in [0.1, 0.15) is 12.4 Å². The van der Waals surface area contributed by atoms with Crippen LogP contribution in [0.25, 0.3) is 5.78 Å². The molecule has 0 aliphatic rings. The van der Waals surface area contributed by atoms with Crippen molar-refractivity contribution < 1.29 is 22.6 Å². The third-order valence-corrected chi connectivity index (χ3v) is 3.74. The van der Waals surface area contributed by atoms with Crippen molar-refractivity contribution in [1.82, 2.24) is 14.4 Å². The van der Waals surface area contributed by atoms with Crippen LogP contribution in [0.3, 0.4) is 0 Å². The van der Waals surface area contributed by atoms with Crippen LogP contribution in [0.15, 0.2) is 61.1 Å². The molecule has 27 heavy (non-hydrogen) atoms. The molecule has 0 unspecified atom stereocenters. The highest BCUT2D eigenvalue weighted by molar-refractivity contribution is 5.35. The molecule has 4 aromatic rings. The van der Waals surface area contributed by atoms with Crippen molar-refractivity contribution in [3.8, 4) is 17.4 Å². The van der Waals surface area contributed by atoms with E-state index in [0.29, 0.717) is 17.2 Å². The Labute approximate surface area is 151 Å². The number of fused-ring (bicyclic) bond motifs is 1. The predicted octanol–water partition coefficient (Wildman–Crippen LogP) is 4.52. The fourth-order valence-corrected chi connectivity index (χ4v) is 2.41. The van der Waals surface area contributed by atoms with Gasteiger partial charge in [0.2, 0.25) is 11.7 Å². The van der Waals surface area contributed by atoms with Crippen LogP contribution in [0, 0.1) is 17.5 Å². The molecule has 0 saturated carbocycles. The van der Waals surface area contributed by atoms with Crippen LogP contribution < -0.4 is 9.47 Å². The molecule has 4 rings (SSSR count). The lowest BCUT2D eigenvalue weighted by molar-refractivity contribution is 0.293. The molecular weight excluding hydrogens is 359 g/mol. The molecule has 0 radical (unpaired) electrons. The summed E-state index contributed by atoms with van der Waals surface area (Å²) in [7, 11) is 0. The largest absolute Gasteiger partial charge is 0.473 e. The Kier molecular flexibility index (Phi) is 4.37. The minimum Gasteiger partial charge on any atom is -0.473 e. The highest BCUT2D eigenvalue weighted by atomic mass is 19.2. The van der Waals surface area contributed by atoms with Gasteiger partial charge in [-0.2, -0.15) is 4.98 Å². The molecule has 0 saturated heterocycles. The molecule has 0 spiro atoms. The number of benzene rings is 2. The Morgan fingerprint density at radius 3 is 2.59 bits per heavy atom. The van der Waals surface area contributed by atoms with E-state index in [1.807, 2.05) is 0 Å². The lowest BCUT2D eigenvalue weighted by Gasteiger charge is -2.09. The number of nitrogens with zero attached hydrogens (tertiary/aromatic N) is 3. The molecule has 0 atom stereocenters. The van der Waals surface area contributed by atoms with Gasteiger partial charge >= 0.3 is 0 Å². The highest BCUT2D eigenvalue weighted by Crippen LogP contribution is 2.26. The molecule has 8 heteroatoms. The van der Waals surface area contributed by atoms with Gasteiger partial charge in [-0.15, -0.1) is 0 Å². The maximum Gasteiger partial charge on any atom is 0.236 e. The molecule has 136 valence electrons. The highest BCUT2D eigenvalue weighted by Gasteiger charge is 2.09. The van der Waals surface area contributed by atoms with Crippen LogP contribution in [0.4, 0.5) is 13.2 Å². The standard InChI is InChI=1S/C19H12F3N3O2/c20-14-3-2-13(10-15(14)21)27-17-4-1-12(9-16(17)22)11-26-18-5-7-25-8-6-23-19(25)24-18/h1-10H,11H2. The van der Waals surface area contributed by atoms with E-state index in [1.54, 1.807) is 35.1 Å². The molecule has 2 heterocycles. The second-order valence-corrected chi connectivity index (χ2v) is 5.63. The van der Waals surface area contributed by atoms with E-state index in [4.69, 9.17) is 9.47 Å². The molecule has 0 aliphatic carbocycles. The second-order valence-electron chi connectivity index (χ2n) is 5.63. The Balaban J connectivity index is 1.45. The third kappa shape index (κ3) is 3.69. The van der Waals surface area contributed by atoms with Gasteiger partial charge < -0.3 is 9.47 Å². The van der Waals surface area contributed by atoms with Gasteiger partial charge in [-0.3, -0.25) is 4.40 Å². The lowest BCUT2D eigenvalue weighted by atomic mass is 10.2. The van der Waals surface area contributed by atoms with Crippen LogP contribution in [0.5, 0.6) is 17.4 Å². The van der Waals surface area contributed by atoms with Crippen molar-refractivity contribution >= 4 is 5.78 Å². The predicted molar refractivity (Wildman–Crippen MR) is 90.2 cm³/mol. The number of hydrogen-bond acceptors (Lipinski definition) is 4. The van der Waals surface area contributed by atoms with E-state index in [-0.39, 0.29) is 18.1 Å². The minimum absolute atomic E-state index is 0.00556. The summed E-state index contributed by atoms with van der Waals surface area (Å²) >= 11 is 0. The van der Waals surface area contributed by atoms with Gasteiger partial charge in [0.15, 0.2) is 23.2 Å². The van der Waals surface area contributed by atoms with E-state index in [1.165, 1.54) is 18.2 Å². The Hall–Kier alpha value is -3.55. The van der Waals surface area contributed by atoms with Gasteiger partial charge in [0, 0.05) is 30.7 Å². The Morgan fingerprint density at radius 2 is 1.78 bits per heavy atom. The van der Waals surface area contributed by atoms with Crippen LogP contribution in [0.2, 0.25) is 0 Å².